The fourth-order valence-electron chi connectivity index (χ4n) is 1.80. The molecule has 15 heavy (non-hydrogen) atoms. The van der Waals surface area contributed by atoms with E-state index in [-0.39, 0.29) is 18.3 Å². The zero-order chi connectivity index (χ0) is 10.9. The molecule has 1 aromatic heterocycles. The van der Waals surface area contributed by atoms with Crippen molar-refractivity contribution >= 4 is 21.2 Å². The van der Waals surface area contributed by atoms with Gasteiger partial charge in [0, 0.05) is 11.3 Å². The minimum Gasteiger partial charge on any atom is -0.390 e. The summed E-state index contributed by atoms with van der Waals surface area (Å²) in [5, 5.41) is 11.5. The summed E-state index contributed by atoms with van der Waals surface area (Å²) in [6, 6.07) is 0. The summed E-state index contributed by atoms with van der Waals surface area (Å²) in [6.07, 6.45) is 1.61. The summed E-state index contributed by atoms with van der Waals surface area (Å²) in [7, 11) is -2.87. The van der Waals surface area contributed by atoms with Gasteiger partial charge in [-0.15, -0.1) is 11.3 Å². The van der Waals surface area contributed by atoms with E-state index in [9.17, 15) is 8.42 Å². The summed E-state index contributed by atoms with van der Waals surface area (Å²) in [6.45, 7) is -0.0734. The maximum atomic E-state index is 11.4. The molecule has 0 aliphatic carbocycles. The third-order valence-corrected chi connectivity index (χ3v) is 5.42. The summed E-state index contributed by atoms with van der Waals surface area (Å²) >= 11 is 1.45. The molecule has 0 radical (unpaired) electrons. The first-order chi connectivity index (χ1) is 7.11. The molecule has 1 aromatic rings. The molecule has 1 unspecified atom stereocenters. The van der Waals surface area contributed by atoms with Gasteiger partial charge in [-0.05, 0) is 12.8 Å². The number of aromatic nitrogens is 1. The molecule has 6 heteroatoms. The van der Waals surface area contributed by atoms with Crippen molar-refractivity contribution in [3.63, 3.8) is 0 Å². The van der Waals surface area contributed by atoms with Crippen molar-refractivity contribution in [1.29, 1.82) is 0 Å². The van der Waals surface area contributed by atoms with E-state index < -0.39 is 9.84 Å². The van der Waals surface area contributed by atoms with Crippen molar-refractivity contribution in [2.24, 2.45) is 0 Å². The molecule has 0 saturated carbocycles. The fourth-order valence-corrected chi connectivity index (χ4v) is 4.56. The van der Waals surface area contributed by atoms with Crippen LogP contribution in [0.15, 0.2) is 5.38 Å². The van der Waals surface area contributed by atoms with Crippen LogP contribution in [0.3, 0.4) is 0 Å². The minimum atomic E-state index is -2.87. The molecule has 1 fully saturated rings. The first kappa shape index (κ1) is 11.0. The molecule has 1 aliphatic heterocycles. The lowest BCUT2D eigenvalue weighted by atomic mass is 10.1. The van der Waals surface area contributed by atoms with Gasteiger partial charge in [0.25, 0.3) is 0 Å². The van der Waals surface area contributed by atoms with E-state index in [2.05, 4.69) is 4.98 Å². The van der Waals surface area contributed by atoms with Gasteiger partial charge in [0.15, 0.2) is 9.84 Å². The van der Waals surface area contributed by atoms with Crippen molar-refractivity contribution in [2.45, 2.75) is 25.4 Å². The second kappa shape index (κ2) is 4.19. The van der Waals surface area contributed by atoms with Crippen molar-refractivity contribution in [3.05, 3.63) is 16.1 Å². The van der Waals surface area contributed by atoms with Crippen LogP contribution in [-0.4, -0.2) is 30.0 Å². The number of hydrogen-bond acceptors (Lipinski definition) is 5. The molecule has 0 bridgehead atoms. The first-order valence-corrected chi connectivity index (χ1v) is 7.56. The van der Waals surface area contributed by atoms with Gasteiger partial charge in [-0.3, -0.25) is 0 Å². The summed E-state index contributed by atoms with van der Waals surface area (Å²) < 4.78 is 22.9. The smallest absolute Gasteiger partial charge is 0.151 e. The molecule has 1 saturated heterocycles. The molecule has 0 spiro atoms. The molecular formula is C9H13NO3S2. The SMILES string of the molecule is O=S1(=O)CCCC(c2nc(CO)cs2)C1. The molecule has 0 amide bonds. The summed E-state index contributed by atoms with van der Waals surface area (Å²) in [4.78, 5) is 4.22. The largest absolute Gasteiger partial charge is 0.390 e. The first-order valence-electron chi connectivity index (χ1n) is 4.86. The lowest BCUT2D eigenvalue weighted by molar-refractivity contribution is 0.277. The minimum absolute atomic E-state index is 0.0362. The molecule has 1 N–H and O–H groups in total. The number of hydrogen-bond donors (Lipinski definition) is 1. The van der Waals surface area contributed by atoms with Crippen molar-refractivity contribution in [1.82, 2.24) is 4.98 Å². The third-order valence-electron chi connectivity index (χ3n) is 2.54. The highest BCUT2D eigenvalue weighted by atomic mass is 32.2. The molecule has 4 nitrogen and oxygen atoms in total. The Bertz CT molecular complexity index is 438. The Hall–Kier alpha value is -0.460. The van der Waals surface area contributed by atoms with E-state index in [1.165, 1.54) is 11.3 Å². The van der Waals surface area contributed by atoms with Crippen LogP contribution in [0.2, 0.25) is 0 Å². The Balaban J connectivity index is 2.17. The van der Waals surface area contributed by atoms with Gasteiger partial charge in [0.1, 0.15) is 0 Å². The molecule has 84 valence electrons. The van der Waals surface area contributed by atoms with Crippen LogP contribution in [-0.2, 0) is 16.4 Å². The van der Waals surface area contributed by atoms with Crippen molar-refractivity contribution in [2.75, 3.05) is 11.5 Å². The number of rotatable bonds is 2. The van der Waals surface area contributed by atoms with E-state index in [0.29, 0.717) is 11.4 Å². The Morgan fingerprint density at radius 1 is 1.60 bits per heavy atom. The van der Waals surface area contributed by atoms with Crippen molar-refractivity contribution < 1.29 is 13.5 Å². The molecule has 2 heterocycles. The van der Waals surface area contributed by atoms with Gasteiger partial charge in [-0.25, -0.2) is 13.4 Å². The number of thiazole rings is 1. The lowest BCUT2D eigenvalue weighted by Gasteiger charge is -2.19. The van der Waals surface area contributed by atoms with Crippen LogP contribution in [0.5, 0.6) is 0 Å². The van der Waals surface area contributed by atoms with Gasteiger partial charge in [0.2, 0.25) is 0 Å². The molecular weight excluding hydrogens is 234 g/mol. The Morgan fingerprint density at radius 3 is 3.00 bits per heavy atom. The Morgan fingerprint density at radius 2 is 2.40 bits per heavy atom. The van der Waals surface area contributed by atoms with E-state index in [0.717, 1.165) is 17.8 Å². The maximum Gasteiger partial charge on any atom is 0.151 e. The van der Waals surface area contributed by atoms with Crippen LogP contribution >= 0.6 is 11.3 Å². The number of aliphatic hydroxyl groups is 1. The van der Waals surface area contributed by atoms with Gasteiger partial charge in [0.05, 0.1) is 28.8 Å². The predicted octanol–water partition coefficient (Wildman–Crippen LogP) is 0.928. The van der Waals surface area contributed by atoms with Crippen LogP contribution in [0.25, 0.3) is 0 Å². The van der Waals surface area contributed by atoms with Gasteiger partial charge < -0.3 is 5.11 Å². The highest BCUT2D eigenvalue weighted by Gasteiger charge is 2.27. The molecule has 1 aliphatic rings. The van der Waals surface area contributed by atoms with E-state index in [4.69, 9.17) is 5.11 Å². The third kappa shape index (κ3) is 2.56. The standard InChI is InChI=1S/C9H13NO3S2/c11-4-8-5-14-9(10-8)7-2-1-3-15(12,13)6-7/h5,7,11H,1-4,6H2. The maximum absolute atomic E-state index is 11.4. The lowest BCUT2D eigenvalue weighted by Crippen LogP contribution is -2.23. The molecule has 1 atom stereocenters. The normalized spacial score (nSPS) is 25.3. The Kier molecular flexibility index (Phi) is 3.08. The van der Waals surface area contributed by atoms with Gasteiger partial charge in [-0.1, -0.05) is 0 Å². The summed E-state index contributed by atoms with van der Waals surface area (Å²) in [5.41, 5.74) is 0.637. The molecule has 0 aromatic carbocycles. The Labute approximate surface area is 92.9 Å². The predicted molar refractivity (Wildman–Crippen MR) is 58.7 cm³/mol. The second-order valence-electron chi connectivity index (χ2n) is 3.79. The number of aliphatic hydroxyl groups excluding tert-OH is 1. The highest BCUT2D eigenvalue weighted by molar-refractivity contribution is 7.91. The van der Waals surface area contributed by atoms with Gasteiger partial charge in [-0.2, -0.15) is 0 Å². The number of sulfone groups is 1. The fraction of sp³-hybridized carbons (Fsp3) is 0.667. The summed E-state index contributed by atoms with van der Waals surface area (Å²) in [5.74, 6) is 0.557. The number of nitrogens with zero attached hydrogens (tertiary/aromatic N) is 1. The van der Waals surface area contributed by atoms with E-state index in [1.807, 2.05) is 0 Å². The molecule has 2 rings (SSSR count). The van der Waals surface area contributed by atoms with Crippen LogP contribution < -0.4 is 0 Å². The highest BCUT2D eigenvalue weighted by Crippen LogP contribution is 2.30. The van der Waals surface area contributed by atoms with Crippen LogP contribution in [0, 0.1) is 0 Å². The van der Waals surface area contributed by atoms with E-state index in [1.54, 1.807) is 5.38 Å². The zero-order valence-corrected chi connectivity index (χ0v) is 9.85. The van der Waals surface area contributed by atoms with E-state index >= 15 is 0 Å². The van der Waals surface area contributed by atoms with Crippen LogP contribution in [0.1, 0.15) is 29.5 Å². The average molecular weight is 247 g/mol. The topological polar surface area (TPSA) is 67.3 Å². The monoisotopic (exact) mass is 247 g/mol. The zero-order valence-electron chi connectivity index (χ0n) is 8.22. The average Bonchev–Trinajstić information content (AvgIpc) is 2.64. The quantitative estimate of drug-likeness (QED) is 0.844. The van der Waals surface area contributed by atoms with Gasteiger partial charge >= 0.3 is 0 Å². The van der Waals surface area contributed by atoms with Crippen molar-refractivity contribution in [3.8, 4) is 0 Å². The van der Waals surface area contributed by atoms with Crippen LogP contribution in [0.4, 0.5) is 0 Å². The second-order valence-corrected chi connectivity index (χ2v) is 6.91.